The minimum Gasteiger partial charge on any atom is -0.343 e. The number of amides is 1. The van der Waals surface area contributed by atoms with Crippen molar-refractivity contribution in [1.29, 1.82) is 0 Å². The number of benzene rings is 1. The number of nitrogens with two attached hydrogens (primary N) is 1. The second-order valence-electron chi connectivity index (χ2n) is 8.62. The Hall–Kier alpha value is -1.46. The van der Waals surface area contributed by atoms with E-state index in [1.165, 1.54) is 18.4 Å². The van der Waals surface area contributed by atoms with E-state index in [0.29, 0.717) is 17.9 Å². The molecule has 1 amide bonds. The maximum Gasteiger partial charge on any atom is 0.219 e. The third-order valence-corrected chi connectivity index (χ3v) is 6.60. The van der Waals surface area contributed by atoms with E-state index < -0.39 is 0 Å². The lowest BCUT2D eigenvalue weighted by Gasteiger charge is -2.41. The Kier molecular flexibility index (Phi) is 6.88. The lowest BCUT2D eigenvalue weighted by Crippen LogP contribution is -2.50. The summed E-state index contributed by atoms with van der Waals surface area (Å²) in [5, 5.41) is 0. The first-order valence-corrected chi connectivity index (χ1v) is 10.4. The second-order valence-corrected chi connectivity index (χ2v) is 8.62. The van der Waals surface area contributed by atoms with Crippen LogP contribution >= 0.6 is 0 Å². The van der Waals surface area contributed by atoms with E-state index >= 15 is 0 Å². The predicted molar refractivity (Wildman–Crippen MR) is 107 cm³/mol. The van der Waals surface area contributed by atoms with Gasteiger partial charge in [-0.2, -0.15) is 0 Å². The highest BCUT2D eigenvalue weighted by atomic mass is 19.1. The van der Waals surface area contributed by atoms with E-state index in [2.05, 4.69) is 4.90 Å². The monoisotopic (exact) mass is 375 g/mol. The topological polar surface area (TPSA) is 49.6 Å². The van der Waals surface area contributed by atoms with Gasteiger partial charge in [0.25, 0.3) is 0 Å². The van der Waals surface area contributed by atoms with Crippen LogP contribution in [0.4, 0.5) is 4.39 Å². The number of hydrogen-bond acceptors (Lipinski definition) is 3. The van der Waals surface area contributed by atoms with Crippen molar-refractivity contribution in [3.63, 3.8) is 0 Å². The molecule has 27 heavy (non-hydrogen) atoms. The van der Waals surface area contributed by atoms with E-state index in [1.807, 2.05) is 24.1 Å². The van der Waals surface area contributed by atoms with E-state index in [4.69, 9.17) is 5.73 Å². The van der Waals surface area contributed by atoms with Crippen molar-refractivity contribution < 1.29 is 9.18 Å². The molecule has 150 valence electrons. The predicted octanol–water partition coefficient (Wildman–Crippen LogP) is 3.05. The van der Waals surface area contributed by atoms with Gasteiger partial charge in [-0.25, -0.2) is 4.39 Å². The van der Waals surface area contributed by atoms with Crippen LogP contribution in [0.3, 0.4) is 0 Å². The minimum absolute atomic E-state index is 0.130. The van der Waals surface area contributed by atoms with Crippen LogP contribution in [0.2, 0.25) is 0 Å². The van der Waals surface area contributed by atoms with E-state index in [1.54, 1.807) is 19.1 Å². The molecule has 2 aliphatic rings. The fourth-order valence-corrected chi connectivity index (χ4v) is 4.85. The fourth-order valence-electron chi connectivity index (χ4n) is 4.85. The Morgan fingerprint density at radius 2 is 2.00 bits per heavy atom. The average molecular weight is 376 g/mol. The summed E-state index contributed by atoms with van der Waals surface area (Å²) in [6.45, 7) is 4.96. The Morgan fingerprint density at radius 1 is 1.26 bits per heavy atom. The molecule has 1 saturated heterocycles. The van der Waals surface area contributed by atoms with Gasteiger partial charge >= 0.3 is 0 Å². The normalized spacial score (nSPS) is 29.5. The van der Waals surface area contributed by atoms with Crippen molar-refractivity contribution in [3.8, 4) is 0 Å². The van der Waals surface area contributed by atoms with Crippen LogP contribution in [-0.2, 0) is 11.2 Å². The van der Waals surface area contributed by atoms with E-state index in [9.17, 15) is 9.18 Å². The van der Waals surface area contributed by atoms with Crippen LogP contribution in [-0.4, -0.2) is 54.5 Å². The van der Waals surface area contributed by atoms with Gasteiger partial charge in [0.2, 0.25) is 5.91 Å². The molecule has 0 spiro atoms. The van der Waals surface area contributed by atoms with Gasteiger partial charge in [0, 0.05) is 39.1 Å². The van der Waals surface area contributed by atoms with Crippen LogP contribution in [0, 0.1) is 17.7 Å². The van der Waals surface area contributed by atoms with Crippen molar-refractivity contribution in [3.05, 3.63) is 35.6 Å². The Morgan fingerprint density at radius 3 is 2.67 bits per heavy atom. The second kappa shape index (κ2) is 9.16. The van der Waals surface area contributed by atoms with Gasteiger partial charge in [0.1, 0.15) is 5.82 Å². The zero-order valence-electron chi connectivity index (χ0n) is 16.7. The number of likely N-dealkylation sites (tertiary alicyclic amines) is 1. The minimum atomic E-state index is -0.163. The molecule has 2 fully saturated rings. The third-order valence-electron chi connectivity index (χ3n) is 6.60. The number of hydrogen-bond donors (Lipinski definition) is 1. The molecule has 0 bridgehead atoms. The van der Waals surface area contributed by atoms with Crippen molar-refractivity contribution in [2.75, 3.05) is 26.7 Å². The largest absolute Gasteiger partial charge is 0.343 e. The SMILES string of the molecule is CC(=O)N(C)[C@@H]1CCC(CN2CCCC(Cc3ccc(F)cc3)C2)C(N)C1. The first-order chi connectivity index (χ1) is 12.9. The molecule has 0 radical (unpaired) electrons. The molecule has 3 unspecified atom stereocenters. The smallest absolute Gasteiger partial charge is 0.219 e. The molecule has 2 N–H and O–H groups in total. The molecule has 3 rings (SSSR count). The van der Waals surface area contributed by atoms with E-state index in [-0.39, 0.29) is 17.8 Å². The molecule has 1 aliphatic carbocycles. The summed E-state index contributed by atoms with van der Waals surface area (Å²) in [5.41, 5.74) is 7.73. The number of carbonyl (C=O) groups excluding carboxylic acids is 1. The van der Waals surface area contributed by atoms with Crippen molar-refractivity contribution in [1.82, 2.24) is 9.80 Å². The summed E-state index contributed by atoms with van der Waals surface area (Å²) in [4.78, 5) is 16.0. The molecule has 0 aromatic heterocycles. The van der Waals surface area contributed by atoms with Crippen molar-refractivity contribution >= 4 is 5.91 Å². The molecule has 1 aliphatic heterocycles. The summed E-state index contributed by atoms with van der Waals surface area (Å²) in [6, 6.07) is 7.41. The summed E-state index contributed by atoms with van der Waals surface area (Å²) in [5.74, 6) is 1.13. The first kappa shape index (κ1) is 20.3. The van der Waals surface area contributed by atoms with Crippen LogP contribution in [0.5, 0.6) is 0 Å². The number of carbonyl (C=O) groups is 1. The summed E-state index contributed by atoms with van der Waals surface area (Å²) in [6.07, 6.45) is 6.57. The number of nitrogens with zero attached hydrogens (tertiary/aromatic N) is 2. The molecular formula is C22H34FN3O. The van der Waals surface area contributed by atoms with Crippen LogP contribution < -0.4 is 5.73 Å². The van der Waals surface area contributed by atoms with Gasteiger partial charge in [-0.05, 0) is 74.6 Å². The molecule has 5 heteroatoms. The third kappa shape index (κ3) is 5.52. The molecule has 1 aromatic carbocycles. The quantitative estimate of drug-likeness (QED) is 0.861. The lowest BCUT2D eigenvalue weighted by molar-refractivity contribution is -0.130. The zero-order valence-corrected chi connectivity index (χ0v) is 16.7. The standard InChI is InChI=1S/C22H34FN3O/c1-16(27)25(2)21-10-7-19(22(24)13-21)15-26-11-3-4-18(14-26)12-17-5-8-20(23)9-6-17/h5-6,8-9,18-19,21-22H,3-4,7,10-15,24H2,1-2H3/t18?,19?,21-,22?/m1/s1. The van der Waals surface area contributed by atoms with Crippen LogP contribution in [0.25, 0.3) is 0 Å². The van der Waals surface area contributed by atoms with Crippen LogP contribution in [0.15, 0.2) is 24.3 Å². The number of halogens is 1. The highest BCUT2D eigenvalue weighted by Crippen LogP contribution is 2.29. The molecular weight excluding hydrogens is 341 g/mol. The molecule has 4 atom stereocenters. The average Bonchev–Trinajstić information content (AvgIpc) is 2.65. The molecule has 1 aromatic rings. The lowest BCUT2D eigenvalue weighted by atomic mass is 9.80. The van der Waals surface area contributed by atoms with Gasteiger partial charge in [0.15, 0.2) is 0 Å². The summed E-state index contributed by atoms with van der Waals surface area (Å²) in [7, 11) is 1.89. The van der Waals surface area contributed by atoms with Crippen molar-refractivity contribution in [2.45, 2.75) is 57.5 Å². The molecule has 1 heterocycles. The van der Waals surface area contributed by atoms with Crippen molar-refractivity contribution in [2.24, 2.45) is 17.6 Å². The summed E-state index contributed by atoms with van der Waals surface area (Å²) < 4.78 is 13.1. The molecule has 4 nitrogen and oxygen atoms in total. The highest BCUT2D eigenvalue weighted by molar-refractivity contribution is 5.73. The van der Waals surface area contributed by atoms with E-state index in [0.717, 1.165) is 45.3 Å². The molecule has 1 saturated carbocycles. The fraction of sp³-hybridized carbons (Fsp3) is 0.682. The Balaban J connectivity index is 1.49. The highest BCUT2D eigenvalue weighted by Gasteiger charge is 2.32. The zero-order chi connectivity index (χ0) is 19.4. The maximum atomic E-state index is 13.1. The summed E-state index contributed by atoms with van der Waals surface area (Å²) >= 11 is 0. The van der Waals surface area contributed by atoms with Gasteiger partial charge in [0.05, 0.1) is 0 Å². The number of piperidine rings is 1. The Bertz CT molecular complexity index is 620. The van der Waals surface area contributed by atoms with Gasteiger partial charge in [-0.3, -0.25) is 4.79 Å². The van der Waals surface area contributed by atoms with Gasteiger partial charge in [-0.15, -0.1) is 0 Å². The first-order valence-electron chi connectivity index (χ1n) is 10.4. The number of rotatable bonds is 5. The van der Waals surface area contributed by atoms with Gasteiger partial charge < -0.3 is 15.5 Å². The van der Waals surface area contributed by atoms with Crippen LogP contribution in [0.1, 0.15) is 44.6 Å². The van der Waals surface area contributed by atoms with Gasteiger partial charge in [-0.1, -0.05) is 12.1 Å². The Labute approximate surface area is 162 Å². The maximum absolute atomic E-state index is 13.1.